The zero-order valence-corrected chi connectivity index (χ0v) is 13.1. The van der Waals surface area contributed by atoms with Crippen molar-refractivity contribution in [2.45, 2.75) is 18.6 Å². The fourth-order valence-electron chi connectivity index (χ4n) is 1.92. The van der Waals surface area contributed by atoms with Gasteiger partial charge in [-0.25, -0.2) is 4.39 Å². The Balaban J connectivity index is 0.00000200. The lowest BCUT2D eigenvalue weighted by Crippen LogP contribution is -2.28. The highest BCUT2D eigenvalue weighted by Crippen LogP contribution is 2.23. The molecule has 0 radical (unpaired) electrons. The number of hydrogen-bond acceptors (Lipinski definition) is 2. The molecule has 0 fully saturated rings. The maximum absolute atomic E-state index is 13.2. The minimum Gasteiger partial charge on any atom is -0.391 e. The number of halogens is 3. The Morgan fingerprint density at radius 1 is 1.15 bits per heavy atom. The smallest absolute Gasteiger partial charge is 0.137 e. The Hall–Kier alpha value is -0.940. The topological polar surface area (TPSA) is 46.2 Å². The summed E-state index contributed by atoms with van der Waals surface area (Å²) in [6.45, 7) is 0. The van der Waals surface area contributed by atoms with E-state index in [0.717, 1.165) is 5.56 Å². The first-order valence-electron chi connectivity index (χ1n) is 6.00. The Bertz CT molecular complexity index is 553. The number of hydrogen-bond donors (Lipinski definition) is 2. The van der Waals surface area contributed by atoms with Gasteiger partial charge in [0.05, 0.1) is 16.6 Å². The maximum atomic E-state index is 13.2. The van der Waals surface area contributed by atoms with Crippen molar-refractivity contribution in [1.29, 1.82) is 0 Å². The lowest BCUT2D eigenvalue weighted by atomic mass is 9.97. The first-order valence-corrected chi connectivity index (χ1v) is 6.80. The molecule has 3 N–H and O–H groups in total. The molecule has 0 amide bonds. The highest BCUT2D eigenvalue weighted by Gasteiger charge is 2.18. The number of rotatable bonds is 4. The first kappa shape index (κ1) is 17.1. The van der Waals surface area contributed by atoms with Crippen molar-refractivity contribution in [1.82, 2.24) is 0 Å². The summed E-state index contributed by atoms with van der Waals surface area (Å²) in [4.78, 5) is 0. The monoisotopic (exact) mass is 359 g/mol. The molecule has 0 aliphatic carbocycles. The summed E-state index contributed by atoms with van der Waals surface area (Å²) in [5.41, 5.74) is 7.74. The Kier molecular flexibility index (Phi) is 6.62. The van der Waals surface area contributed by atoms with Gasteiger partial charge in [0.2, 0.25) is 0 Å². The third kappa shape index (κ3) is 4.28. The van der Waals surface area contributed by atoms with Crippen LogP contribution in [0.4, 0.5) is 4.39 Å². The second-order valence-corrected chi connectivity index (χ2v) is 5.31. The quantitative estimate of drug-likeness (QED) is 0.875. The average Bonchev–Trinajstić information content (AvgIpc) is 2.42. The van der Waals surface area contributed by atoms with Crippen molar-refractivity contribution in [2.24, 2.45) is 5.73 Å². The van der Waals surface area contributed by atoms with Crippen LogP contribution >= 0.6 is 28.3 Å². The van der Waals surface area contributed by atoms with Crippen LogP contribution in [0.25, 0.3) is 0 Å². The molecule has 2 aromatic rings. The first-order chi connectivity index (χ1) is 9.08. The van der Waals surface area contributed by atoms with Crippen LogP contribution in [0, 0.1) is 5.82 Å². The predicted octanol–water partition coefficient (Wildman–Crippen LogP) is 3.61. The molecular formula is C15H16BrClFNO. The molecule has 0 unspecified atom stereocenters. The van der Waals surface area contributed by atoms with Gasteiger partial charge in [0, 0.05) is 6.42 Å². The van der Waals surface area contributed by atoms with Crippen LogP contribution in [0.3, 0.4) is 0 Å². The van der Waals surface area contributed by atoms with Gasteiger partial charge >= 0.3 is 0 Å². The number of aliphatic hydroxyl groups is 1. The third-order valence-corrected chi connectivity index (χ3v) is 3.64. The van der Waals surface area contributed by atoms with Gasteiger partial charge in [-0.3, -0.25) is 0 Å². The Morgan fingerprint density at radius 3 is 2.40 bits per heavy atom. The molecule has 20 heavy (non-hydrogen) atoms. The van der Waals surface area contributed by atoms with Gasteiger partial charge in [-0.2, -0.15) is 0 Å². The van der Waals surface area contributed by atoms with Crippen LogP contribution in [0.5, 0.6) is 0 Å². The molecule has 2 rings (SSSR count). The van der Waals surface area contributed by atoms with Crippen molar-refractivity contribution < 1.29 is 9.50 Å². The molecule has 0 aliphatic heterocycles. The summed E-state index contributed by atoms with van der Waals surface area (Å²) >= 11 is 3.12. The summed E-state index contributed by atoms with van der Waals surface area (Å²) in [6, 6.07) is 13.6. The van der Waals surface area contributed by atoms with Crippen molar-refractivity contribution in [2.75, 3.05) is 0 Å². The maximum Gasteiger partial charge on any atom is 0.137 e. The molecule has 0 aromatic heterocycles. The molecule has 0 aliphatic rings. The van der Waals surface area contributed by atoms with Gasteiger partial charge in [-0.05, 0) is 39.2 Å². The normalized spacial score (nSPS) is 13.4. The summed E-state index contributed by atoms with van der Waals surface area (Å²) < 4.78 is 13.5. The van der Waals surface area contributed by atoms with E-state index in [4.69, 9.17) is 5.73 Å². The zero-order valence-electron chi connectivity index (χ0n) is 10.7. The summed E-state index contributed by atoms with van der Waals surface area (Å²) in [5.74, 6) is -0.339. The van der Waals surface area contributed by atoms with Crippen molar-refractivity contribution in [3.05, 3.63) is 69.9 Å². The molecule has 2 atom stereocenters. The SMILES string of the molecule is Cl.N[C@@H](c1ccc(F)c(Br)c1)[C@H](O)Cc1ccccc1. The fraction of sp³-hybridized carbons (Fsp3) is 0.200. The van der Waals surface area contributed by atoms with E-state index >= 15 is 0 Å². The van der Waals surface area contributed by atoms with E-state index in [1.165, 1.54) is 6.07 Å². The number of aliphatic hydroxyl groups excluding tert-OH is 1. The van der Waals surface area contributed by atoms with Crippen LogP contribution < -0.4 is 5.73 Å². The van der Waals surface area contributed by atoms with Crippen molar-refractivity contribution >= 4 is 28.3 Å². The molecule has 2 nitrogen and oxygen atoms in total. The standard InChI is InChI=1S/C15H15BrFNO.ClH/c16-12-9-11(6-7-13(12)17)15(18)14(19)8-10-4-2-1-3-5-10;/h1-7,9,14-15,19H,8,18H2;1H/t14-,15+;/m1./s1. The zero-order chi connectivity index (χ0) is 13.8. The highest BCUT2D eigenvalue weighted by atomic mass is 79.9. The van der Waals surface area contributed by atoms with E-state index in [0.29, 0.717) is 16.5 Å². The van der Waals surface area contributed by atoms with E-state index in [9.17, 15) is 9.50 Å². The molecule has 0 heterocycles. The van der Waals surface area contributed by atoms with Gasteiger partial charge in [0.15, 0.2) is 0 Å². The van der Waals surface area contributed by atoms with E-state index in [2.05, 4.69) is 15.9 Å². The van der Waals surface area contributed by atoms with Crippen LogP contribution in [-0.2, 0) is 6.42 Å². The fourth-order valence-corrected chi connectivity index (χ4v) is 2.32. The van der Waals surface area contributed by atoms with Gasteiger partial charge in [-0.15, -0.1) is 12.4 Å². The summed E-state index contributed by atoms with van der Waals surface area (Å²) in [5, 5.41) is 10.2. The molecule has 0 bridgehead atoms. The van der Waals surface area contributed by atoms with Crippen molar-refractivity contribution in [3.63, 3.8) is 0 Å². The predicted molar refractivity (Wildman–Crippen MR) is 84.4 cm³/mol. The van der Waals surface area contributed by atoms with E-state index in [1.54, 1.807) is 12.1 Å². The second-order valence-electron chi connectivity index (χ2n) is 4.46. The highest BCUT2D eigenvalue weighted by molar-refractivity contribution is 9.10. The van der Waals surface area contributed by atoms with Crippen LogP contribution in [0.15, 0.2) is 53.0 Å². The third-order valence-electron chi connectivity index (χ3n) is 3.03. The second kappa shape index (κ2) is 7.74. The van der Waals surface area contributed by atoms with Gasteiger partial charge in [0.1, 0.15) is 5.82 Å². The van der Waals surface area contributed by atoms with E-state index < -0.39 is 12.1 Å². The molecule has 0 spiro atoms. The van der Waals surface area contributed by atoms with Crippen LogP contribution in [-0.4, -0.2) is 11.2 Å². The average molecular weight is 361 g/mol. The lowest BCUT2D eigenvalue weighted by molar-refractivity contribution is 0.145. The summed E-state index contributed by atoms with van der Waals surface area (Å²) in [6.07, 6.45) is -0.239. The van der Waals surface area contributed by atoms with Gasteiger partial charge in [0.25, 0.3) is 0 Å². The Morgan fingerprint density at radius 2 is 1.80 bits per heavy atom. The van der Waals surface area contributed by atoms with E-state index in [1.807, 2.05) is 30.3 Å². The van der Waals surface area contributed by atoms with Gasteiger partial charge in [-0.1, -0.05) is 36.4 Å². The number of benzene rings is 2. The molecular weight excluding hydrogens is 345 g/mol. The Labute approximate surface area is 132 Å². The largest absolute Gasteiger partial charge is 0.391 e. The van der Waals surface area contributed by atoms with Gasteiger partial charge < -0.3 is 10.8 Å². The molecule has 5 heteroatoms. The van der Waals surface area contributed by atoms with Crippen LogP contribution in [0.2, 0.25) is 0 Å². The summed E-state index contributed by atoms with van der Waals surface area (Å²) in [7, 11) is 0. The number of nitrogens with two attached hydrogens (primary N) is 1. The minimum atomic E-state index is -0.709. The van der Waals surface area contributed by atoms with Crippen LogP contribution in [0.1, 0.15) is 17.2 Å². The van der Waals surface area contributed by atoms with Crippen molar-refractivity contribution in [3.8, 4) is 0 Å². The molecule has 0 saturated carbocycles. The molecule has 2 aromatic carbocycles. The minimum absolute atomic E-state index is 0. The molecule has 108 valence electrons. The lowest BCUT2D eigenvalue weighted by Gasteiger charge is -2.19. The van der Waals surface area contributed by atoms with E-state index in [-0.39, 0.29) is 18.2 Å². The molecule has 0 saturated heterocycles.